The fourth-order valence-corrected chi connectivity index (χ4v) is 3.66. The van der Waals surface area contributed by atoms with E-state index in [1.54, 1.807) is 0 Å². The Balaban J connectivity index is 1.83. The van der Waals surface area contributed by atoms with E-state index in [9.17, 15) is 5.11 Å². The molecule has 0 aromatic heterocycles. The molecule has 112 valence electrons. The predicted molar refractivity (Wildman–Crippen MR) is 87.8 cm³/mol. The van der Waals surface area contributed by atoms with Crippen LogP contribution in [0.25, 0.3) is 0 Å². The smallest absolute Gasteiger partial charge is 0.0813 e. The number of halogens is 1. The Morgan fingerprint density at radius 2 is 1.85 bits per heavy atom. The van der Waals surface area contributed by atoms with E-state index < -0.39 is 0 Å². The van der Waals surface area contributed by atoms with Gasteiger partial charge in [0.15, 0.2) is 0 Å². The maximum Gasteiger partial charge on any atom is 0.0813 e. The van der Waals surface area contributed by atoms with Crippen molar-refractivity contribution in [3.05, 3.63) is 34.3 Å². The summed E-state index contributed by atoms with van der Waals surface area (Å²) in [5, 5.41) is 10.3. The van der Waals surface area contributed by atoms with Gasteiger partial charge >= 0.3 is 0 Å². The largest absolute Gasteiger partial charge is 0.388 e. The van der Waals surface area contributed by atoms with Crippen molar-refractivity contribution in [2.75, 3.05) is 13.6 Å². The lowest BCUT2D eigenvalue weighted by Crippen LogP contribution is -2.32. The first kappa shape index (κ1) is 16.0. The minimum absolute atomic E-state index is 0.376. The summed E-state index contributed by atoms with van der Waals surface area (Å²) in [5.74, 6) is 0. The number of hydrogen-bond acceptors (Lipinski definition) is 2. The van der Waals surface area contributed by atoms with Gasteiger partial charge in [0, 0.05) is 17.1 Å². The van der Waals surface area contributed by atoms with Gasteiger partial charge in [-0.3, -0.25) is 0 Å². The highest BCUT2D eigenvalue weighted by atomic mass is 79.9. The maximum absolute atomic E-state index is 10.3. The standard InChI is InChI=1S/C17H26BrNO/c1-19(14-8-4-2-3-5-9-14)13-12-17(20)15-10-6-7-11-16(15)18/h6-7,10-11,14,17,20H,2-5,8-9,12-13H2,1H3. The number of rotatable bonds is 5. The number of nitrogens with zero attached hydrogens (tertiary/aromatic N) is 1. The summed E-state index contributed by atoms with van der Waals surface area (Å²) >= 11 is 3.52. The third-order valence-corrected chi connectivity index (χ3v) is 5.19. The summed E-state index contributed by atoms with van der Waals surface area (Å²) in [5.41, 5.74) is 1.00. The molecule has 0 saturated heterocycles. The van der Waals surface area contributed by atoms with Gasteiger partial charge in [-0.25, -0.2) is 0 Å². The highest BCUT2D eigenvalue weighted by Crippen LogP contribution is 2.26. The second-order valence-corrected chi connectivity index (χ2v) is 6.81. The average molecular weight is 340 g/mol. The first-order valence-electron chi connectivity index (χ1n) is 7.81. The Hall–Kier alpha value is -0.380. The molecule has 1 saturated carbocycles. The van der Waals surface area contributed by atoms with Crippen LogP contribution in [-0.4, -0.2) is 29.6 Å². The molecule has 0 heterocycles. The number of benzene rings is 1. The molecule has 20 heavy (non-hydrogen) atoms. The molecule has 2 rings (SSSR count). The molecule has 2 nitrogen and oxygen atoms in total. The Morgan fingerprint density at radius 3 is 2.50 bits per heavy atom. The molecule has 1 N–H and O–H groups in total. The van der Waals surface area contributed by atoms with Gasteiger partial charge in [0.2, 0.25) is 0 Å². The molecule has 1 aliphatic rings. The predicted octanol–water partition coefficient (Wildman–Crippen LogP) is 4.53. The molecule has 0 radical (unpaired) electrons. The molecule has 0 aliphatic heterocycles. The summed E-state index contributed by atoms with van der Waals surface area (Å²) in [6.07, 6.45) is 8.58. The fraction of sp³-hybridized carbons (Fsp3) is 0.647. The van der Waals surface area contributed by atoms with E-state index in [2.05, 4.69) is 27.9 Å². The van der Waals surface area contributed by atoms with Gasteiger partial charge in [-0.05, 0) is 37.9 Å². The van der Waals surface area contributed by atoms with Crippen molar-refractivity contribution in [2.45, 2.75) is 57.1 Å². The van der Waals surface area contributed by atoms with E-state index in [1.807, 2.05) is 24.3 Å². The zero-order valence-corrected chi connectivity index (χ0v) is 14.0. The summed E-state index contributed by atoms with van der Waals surface area (Å²) < 4.78 is 1.00. The van der Waals surface area contributed by atoms with E-state index in [0.29, 0.717) is 6.04 Å². The van der Waals surface area contributed by atoms with Crippen molar-refractivity contribution in [3.63, 3.8) is 0 Å². The molecule has 0 spiro atoms. The molecule has 1 aromatic rings. The number of aliphatic hydroxyl groups excluding tert-OH is 1. The van der Waals surface area contributed by atoms with Crippen molar-refractivity contribution in [3.8, 4) is 0 Å². The summed E-state index contributed by atoms with van der Waals surface area (Å²) in [6, 6.07) is 8.67. The molecular weight excluding hydrogens is 314 g/mol. The van der Waals surface area contributed by atoms with Crippen LogP contribution in [0.4, 0.5) is 0 Å². The lowest BCUT2D eigenvalue weighted by Gasteiger charge is -2.28. The lowest BCUT2D eigenvalue weighted by atomic mass is 10.0. The maximum atomic E-state index is 10.3. The second-order valence-electron chi connectivity index (χ2n) is 5.95. The van der Waals surface area contributed by atoms with Gasteiger partial charge in [-0.2, -0.15) is 0 Å². The van der Waals surface area contributed by atoms with E-state index in [4.69, 9.17) is 0 Å². The third-order valence-electron chi connectivity index (χ3n) is 4.47. The number of hydrogen-bond donors (Lipinski definition) is 1. The van der Waals surface area contributed by atoms with E-state index in [1.165, 1.54) is 38.5 Å². The van der Waals surface area contributed by atoms with Gasteiger partial charge in [0.1, 0.15) is 0 Å². The Labute approximate surface area is 131 Å². The van der Waals surface area contributed by atoms with Crippen molar-refractivity contribution in [2.24, 2.45) is 0 Å². The van der Waals surface area contributed by atoms with E-state index in [-0.39, 0.29) is 6.10 Å². The summed E-state index contributed by atoms with van der Waals surface area (Å²) in [7, 11) is 2.21. The summed E-state index contributed by atoms with van der Waals surface area (Å²) in [6.45, 7) is 0.965. The molecule has 1 unspecified atom stereocenters. The third kappa shape index (κ3) is 4.57. The van der Waals surface area contributed by atoms with Crippen molar-refractivity contribution in [1.82, 2.24) is 4.90 Å². The van der Waals surface area contributed by atoms with Gasteiger partial charge in [0.05, 0.1) is 6.10 Å². The fourth-order valence-electron chi connectivity index (χ4n) is 3.11. The highest BCUT2D eigenvalue weighted by molar-refractivity contribution is 9.10. The molecule has 0 bridgehead atoms. The first-order chi connectivity index (χ1) is 9.68. The minimum atomic E-state index is -0.376. The Morgan fingerprint density at radius 1 is 1.20 bits per heavy atom. The van der Waals surface area contributed by atoms with Crippen LogP contribution in [0.2, 0.25) is 0 Å². The molecule has 1 aliphatic carbocycles. The SMILES string of the molecule is CN(CCC(O)c1ccccc1Br)C1CCCCCC1. The van der Waals surface area contributed by atoms with Gasteiger partial charge in [-0.1, -0.05) is 59.8 Å². The van der Waals surface area contributed by atoms with Crippen LogP contribution in [0, 0.1) is 0 Å². The van der Waals surface area contributed by atoms with Crippen LogP contribution in [0.3, 0.4) is 0 Å². The zero-order valence-electron chi connectivity index (χ0n) is 12.4. The lowest BCUT2D eigenvalue weighted by molar-refractivity contribution is 0.131. The second kappa shape index (κ2) is 8.16. The van der Waals surface area contributed by atoms with Crippen LogP contribution in [-0.2, 0) is 0 Å². The Bertz CT molecular complexity index is 402. The van der Waals surface area contributed by atoms with Crippen LogP contribution < -0.4 is 0 Å². The average Bonchev–Trinajstić information content (AvgIpc) is 2.74. The topological polar surface area (TPSA) is 23.5 Å². The molecule has 0 amide bonds. The summed E-state index contributed by atoms with van der Waals surface area (Å²) in [4.78, 5) is 2.45. The quantitative estimate of drug-likeness (QED) is 0.796. The van der Waals surface area contributed by atoms with Crippen molar-refractivity contribution >= 4 is 15.9 Å². The van der Waals surface area contributed by atoms with Crippen molar-refractivity contribution < 1.29 is 5.11 Å². The van der Waals surface area contributed by atoms with Gasteiger partial charge < -0.3 is 10.0 Å². The van der Waals surface area contributed by atoms with E-state index >= 15 is 0 Å². The van der Waals surface area contributed by atoms with Gasteiger partial charge in [-0.15, -0.1) is 0 Å². The van der Waals surface area contributed by atoms with Crippen LogP contribution in [0.5, 0.6) is 0 Å². The molecule has 1 fully saturated rings. The molecule has 1 atom stereocenters. The molecule has 3 heteroatoms. The first-order valence-corrected chi connectivity index (χ1v) is 8.60. The van der Waals surface area contributed by atoms with Gasteiger partial charge in [0.25, 0.3) is 0 Å². The Kier molecular flexibility index (Phi) is 6.53. The van der Waals surface area contributed by atoms with E-state index in [0.717, 1.165) is 23.0 Å². The van der Waals surface area contributed by atoms with Crippen LogP contribution in [0.15, 0.2) is 28.7 Å². The van der Waals surface area contributed by atoms with Crippen LogP contribution >= 0.6 is 15.9 Å². The van der Waals surface area contributed by atoms with Crippen molar-refractivity contribution in [1.29, 1.82) is 0 Å². The highest BCUT2D eigenvalue weighted by Gasteiger charge is 2.18. The van der Waals surface area contributed by atoms with Crippen LogP contribution in [0.1, 0.15) is 56.6 Å². The monoisotopic (exact) mass is 339 g/mol. The number of aliphatic hydroxyl groups is 1. The zero-order chi connectivity index (χ0) is 14.4. The molecule has 1 aromatic carbocycles. The minimum Gasteiger partial charge on any atom is -0.388 e. The normalized spacial score (nSPS) is 19.0. The molecular formula is C17H26BrNO.